The first kappa shape index (κ1) is 23.6. The molecule has 1 atom stereocenters. The number of hydrogen-bond donors (Lipinski definition) is 1. The highest BCUT2D eigenvalue weighted by atomic mass is 32.1. The minimum Gasteiger partial charge on any atom is -0.449 e. The van der Waals surface area contributed by atoms with Crippen molar-refractivity contribution in [1.82, 2.24) is 4.98 Å². The van der Waals surface area contributed by atoms with Crippen molar-refractivity contribution >= 4 is 39.3 Å². The van der Waals surface area contributed by atoms with Crippen LogP contribution >= 0.6 is 11.3 Å². The van der Waals surface area contributed by atoms with Gasteiger partial charge in [0.2, 0.25) is 5.89 Å². The van der Waals surface area contributed by atoms with Crippen LogP contribution in [0.3, 0.4) is 0 Å². The number of ether oxygens (including phenoxy) is 1. The molecule has 0 saturated carbocycles. The number of nitrogens with zero attached hydrogens (tertiary/aromatic N) is 2. The molecular formula is C30H21N3O4S. The van der Waals surface area contributed by atoms with Crippen LogP contribution in [0.25, 0.3) is 33.0 Å². The molecule has 2 heterocycles. The summed E-state index contributed by atoms with van der Waals surface area (Å²) in [5.41, 5.74) is 5.71. The molecular weight excluding hydrogens is 498 g/mol. The van der Waals surface area contributed by atoms with E-state index in [-0.39, 0.29) is 5.56 Å². The molecule has 0 radical (unpaired) electrons. The lowest BCUT2D eigenvalue weighted by Gasteiger charge is -2.15. The van der Waals surface area contributed by atoms with Gasteiger partial charge in [-0.25, -0.2) is 9.78 Å². The zero-order valence-electron chi connectivity index (χ0n) is 20.4. The van der Waals surface area contributed by atoms with Crippen molar-refractivity contribution in [3.05, 3.63) is 95.1 Å². The highest BCUT2D eigenvalue weighted by molar-refractivity contribution is 7.20. The van der Waals surface area contributed by atoms with E-state index >= 15 is 0 Å². The van der Waals surface area contributed by atoms with Gasteiger partial charge in [-0.15, -0.1) is 11.3 Å². The molecule has 0 fully saturated rings. The minimum absolute atomic E-state index is 0.236. The second kappa shape index (κ2) is 9.61. The number of aryl methyl sites for hydroxylation is 1. The fourth-order valence-electron chi connectivity index (χ4n) is 4.67. The molecule has 1 aliphatic carbocycles. The van der Waals surface area contributed by atoms with E-state index in [1.54, 1.807) is 30.3 Å². The molecule has 1 unspecified atom stereocenters. The van der Waals surface area contributed by atoms with Crippen LogP contribution in [-0.4, -0.2) is 23.0 Å². The van der Waals surface area contributed by atoms with Gasteiger partial charge in [-0.05, 0) is 60.7 Å². The number of oxazole rings is 1. The first-order valence-corrected chi connectivity index (χ1v) is 13.0. The van der Waals surface area contributed by atoms with Gasteiger partial charge in [0.15, 0.2) is 11.7 Å². The summed E-state index contributed by atoms with van der Waals surface area (Å²) >= 11 is 1.38. The first-order valence-electron chi connectivity index (χ1n) is 12.1. The summed E-state index contributed by atoms with van der Waals surface area (Å²) in [6.45, 7) is 1.50. The first-order chi connectivity index (χ1) is 18.5. The summed E-state index contributed by atoms with van der Waals surface area (Å²) in [4.78, 5) is 31.7. The van der Waals surface area contributed by atoms with Crippen LogP contribution < -0.4 is 5.32 Å². The second-order valence-corrected chi connectivity index (χ2v) is 9.97. The van der Waals surface area contributed by atoms with Gasteiger partial charge in [-0.2, -0.15) is 5.26 Å². The zero-order valence-corrected chi connectivity index (χ0v) is 21.2. The predicted molar refractivity (Wildman–Crippen MR) is 145 cm³/mol. The van der Waals surface area contributed by atoms with Gasteiger partial charge >= 0.3 is 5.97 Å². The molecule has 6 rings (SSSR count). The Morgan fingerprint density at radius 3 is 2.58 bits per heavy atom. The van der Waals surface area contributed by atoms with Crippen LogP contribution in [0.5, 0.6) is 0 Å². The van der Waals surface area contributed by atoms with Crippen LogP contribution in [0.4, 0.5) is 5.00 Å². The Kier molecular flexibility index (Phi) is 5.98. The number of anilines is 1. The summed E-state index contributed by atoms with van der Waals surface area (Å²) in [5, 5.41) is 13.1. The average molecular weight is 520 g/mol. The summed E-state index contributed by atoms with van der Waals surface area (Å²) in [5.74, 6) is -0.898. The number of esters is 1. The number of carbonyl (C=O) groups is 2. The third-order valence-electron chi connectivity index (χ3n) is 6.59. The zero-order chi connectivity index (χ0) is 26.2. The quantitative estimate of drug-likeness (QED) is 0.270. The fraction of sp³-hybridized carbons (Fsp3) is 0.133. The summed E-state index contributed by atoms with van der Waals surface area (Å²) in [6, 6.07) is 24.5. The Bertz CT molecular complexity index is 1730. The standard InChI is InChI=1S/C30H21N3O4S/c1-17(27(34)33-29-23(16-31)20-15-14-18-8-2-3-9-19(18)26(20)38-29)36-30(35)22-11-5-4-10-21(22)28-32-24-12-6-7-13-25(24)37-28/h2-13,17H,14-15H2,1H3,(H,33,34). The largest absolute Gasteiger partial charge is 0.449 e. The maximum atomic E-state index is 13.1. The Labute approximate surface area is 222 Å². The number of hydrogen-bond acceptors (Lipinski definition) is 7. The fourth-order valence-corrected chi connectivity index (χ4v) is 5.94. The van der Waals surface area contributed by atoms with E-state index in [9.17, 15) is 14.9 Å². The number of amides is 1. The number of benzene rings is 3. The molecule has 2 aromatic heterocycles. The third kappa shape index (κ3) is 4.13. The van der Waals surface area contributed by atoms with E-state index in [0.29, 0.717) is 33.1 Å². The minimum atomic E-state index is -1.10. The molecule has 8 heteroatoms. The summed E-state index contributed by atoms with van der Waals surface area (Å²) < 4.78 is 11.4. The number of fused-ring (bicyclic) bond motifs is 4. The number of nitrogens with one attached hydrogen (secondary N) is 1. The molecule has 5 aromatic rings. The van der Waals surface area contributed by atoms with Crippen LogP contribution in [0.2, 0.25) is 0 Å². The van der Waals surface area contributed by atoms with Crippen molar-refractivity contribution in [2.24, 2.45) is 0 Å². The van der Waals surface area contributed by atoms with Crippen molar-refractivity contribution < 1.29 is 18.7 Å². The lowest BCUT2D eigenvalue weighted by atomic mass is 9.90. The summed E-state index contributed by atoms with van der Waals surface area (Å²) in [7, 11) is 0. The molecule has 38 heavy (non-hydrogen) atoms. The maximum absolute atomic E-state index is 13.1. The molecule has 1 aliphatic rings. The molecule has 0 aliphatic heterocycles. The van der Waals surface area contributed by atoms with E-state index in [0.717, 1.165) is 28.8 Å². The van der Waals surface area contributed by atoms with Gasteiger partial charge in [0, 0.05) is 4.88 Å². The normalized spacial score (nSPS) is 12.7. The second-order valence-electron chi connectivity index (χ2n) is 8.95. The smallest absolute Gasteiger partial charge is 0.339 e. The molecule has 1 amide bonds. The molecule has 186 valence electrons. The Balaban J connectivity index is 1.22. The number of nitriles is 1. The predicted octanol–water partition coefficient (Wildman–Crippen LogP) is 6.38. The van der Waals surface area contributed by atoms with Crippen molar-refractivity contribution in [3.63, 3.8) is 0 Å². The Hall–Kier alpha value is -4.74. The van der Waals surface area contributed by atoms with Gasteiger partial charge in [0.05, 0.1) is 16.7 Å². The molecule has 0 bridgehead atoms. The number of carbonyl (C=O) groups excluding carboxylic acids is 2. The monoisotopic (exact) mass is 519 g/mol. The van der Waals surface area contributed by atoms with E-state index in [2.05, 4.69) is 22.4 Å². The van der Waals surface area contributed by atoms with Gasteiger partial charge in [-0.3, -0.25) is 4.79 Å². The third-order valence-corrected chi connectivity index (χ3v) is 7.77. The van der Waals surface area contributed by atoms with E-state index < -0.39 is 18.0 Å². The Morgan fingerprint density at radius 2 is 1.76 bits per heavy atom. The molecule has 0 saturated heterocycles. The van der Waals surface area contributed by atoms with Gasteiger partial charge in [0.1, 0.15) is 16.6 Å². The van der Waals surface area contributed by atoms with E-state index in [1.165, 1.54) is 23.8 Å². The Morgan fingerprint density at radius 1 is 1.03 bits per heavy atom. The van der Waals surface area contributed by atoms with Gasteiger partial charge < -0.3 is 14.5 Å². The van der Waals surface area contributed by atoms with Crippen LogP contribution in [0.1, 0.15) is 34.0 Å². The van der Waals surface area contributed by atoms with Crippen LogP contribution in [0, 0.1) is 11.3 Å². The number of rotatable bonds is 5. The highest BCUT2D eigenvalue weighted by Gasteiger charge is 2.28. The molecule has 7 nitrogen and oxygen atoms in total. The lowest BCUT2D eigenvalue weighted by Crippen LogP contribution is -2.30. The van der Waals surface area contributed by atoms with Crippen molar-refractivity contribution in [3.8, 4) is 28.0 Å². The summed E-state index contributed by atoms with van der Waals surface area (Å²) in [6.07, 6.45) is 0.478. The van der Waals surface area contributed by atoms with Crippen LogP contribution in [-0.2, 0) is 22.4 Å². The van der Waals surface area contributed by atoms with E-state index in [1.807, 2.05) is 36.4 Å². The number of aromatic nitrogens is 1. The van der Waals surface area contributed by atoms with Crippen molar-refractivity contribution in [2.75, 3.05) is 5.32 Å². The highest BCUT2D eigenvalue weighted by Crippen LogP contribution is 2.44. The molecule has 1 N–H and O–H groups in total. The van der Waals surface area contributed by atoms with Crippen LogP contribution in [0.15, 0.2) is 77.2 Å². The SMILES string of the molecule is CC(OC(=O)c1ccccc1-c1nc2ccccc2o1)C(=O)Nc1sc2c(c1C#N)CCc1ccccc1-2. The number of thiophene rings is 1. The van der Waals surface area contributed by atoms with Gasteiger partial charge in [-0.1, -0.05) is 48.5 Å². The lowest BCUT2D eigenvalue weighted by molar-refractivity contribution is -0.123. The average Bonchev–Trinajstić information content (AvgIpc) is 3.54. The van der Waals surface area contributed by atoms with Gasteiger partial charge in [0.25, 0.3) is 5.91 Å². The number of para-hydroxylation sites is 2. The van der Waals surface area contributed by atoms with E-state index in [4.69, 9.17) is 9.15 Å². The van der Waals surface area contributed by atoms with Crippen molar-refractivity contribution in [1.29, 1.82) is 5.26 Å². The molecule has 3 aromatic carbocycles. The maximum Gasteiger partial charge on any atom is 0.339 e. The topological polar surface area (TPSA) is 105 Å². The molecule has 0 spiro atoms. The van der Waals surface area contributed by atoms with Crippen molar-refractivity contribution in [2.45, 2.75) is 25.9 Å².